The summed E-state index contributed by atoms with van der Waals surface area (Å²) >= 11 is 0. The number of carbonyl (C=O) groups excluding carboxylic acids is 2. The zero-order chi connectivity index (χ0) is 19.0. The first-order chi connectivity index (χ1) is 13.0. The van der Waals surface area contributed by atoms with E-state index >= 15 is 0 Å². The average molecular weight is 373 g/mol. The molecule has 7 heteroatoms. The van der Waals surface area contributed by atoms with E-state index < -0.39 is 5.54 Å². The summed E-state index contributed by atoms with van der Waals surface area (Å²) in [6.07, 6.45) is 3.06. The number of H-pyrrole nitrogens is 1. The molecule has 2 aliphatic heterocycles. The van der Waals surface area contributed by atoms with Crippen molar-refractivity contribution in [1.82, 2.24) is 14.8 Å². The number of hydrogen-bond donors (Lipinski definition) is 1. The maximum Gasteiger partial charge on any atom is 0.271 e. The molecule has 2 saturated heterocycles. The van der Waals surface area contributed by atoms with Gasteiger partial charge in [-0.1, -0.05) is 0 Å². The van der Waals surface area contributed by atoms with Gasteiger partial charge >= 0.3 is 0 Å². The van der Waals surface area contributed by atoms with Crippen LogP contribution in [0.15, 0.2) is 24.3 Å². The molecule has 2 fully saturated rings. The van der Waals surface area contributed by atoms with Crippen LogP contribution in [0.1, 0.15) is 36.2 Å². The van der Waals surface area contributed by atoms with Gasteiger partial charge < -0.3 is 19.5 Å². The first-order valence-corrected chi connectivity index (χ1v) is 9.44. The SMILES string of the molecule is COCCN1CCCC2(CCCN2C(=O)c2cc3cc(F)ccc3[nH]2)C1=O. The van der Waals surface area contributed by atoms with Crippen LogP contribution in [0.25, 0.3) is 10.9 Å². The van der Waals surface area contributed by atoms with Crippen LogP contribution in [0.5, 0.6) is 0 Å². The molecule has 0 saturated carbocycles. The highest BCUT2D eigenvalue weighted by Crippen LogP contribution is 2.39. The Morgan fingerprint density at radius 3 is 2.81 bits per heavy atom. The highest BCUT2D eigenvalue weighted by atomic mass is 19.1. The fourth-order valence-electron chi connectivity index (χ4n) is 4.50. The van der Waals surface area contributed by atoms with Crippen molar-refractivity contribution < 1.29 is 18.7 Å². The normalized spacial score (nSPS) is 23.0. The van der Waals surface area contributed by atoms with Crippen molar-refractivity contribution in [2.24, 2.45) is 0 Å². The van der Waals surface area contributed by atoms with Gasteiger partial charge in [-0.3, -0.25) is 9.59 Å². The van der Waals surface area contributed by atoms with E-state index in [-0.39, 0.29) is 17.6 Å². The van der Waals surface area contributed by atoms with E-state index in [1.165, 1.54) is 12.1 Å². The van der Waals surface area contributed by atoms with Gasteiger partial charge in [0.05, 0.1) is 6.61 Å². The van der Waals surface area contributed by atoms with Gasteiger partial charge in [0.15, 0.2) is 0 Å². The largest absolute Gasteiger partial charge is 0.383 e. The van der Waals surface area contributed by atoms with Gasteiger partial charge in [0, 0.05) is 37.6 Å². The minimum atomic E-state index is -0.758. The predicted molar refractivity (Wildman–Crippen MR) is 98.9 cm³/mol. The molecule has 2 aromatic rings. The lowest BCUT2D eigenvalue weighted by Gasteiger charge is -2.44. The van der Waals surface area contributed by atoms with Crippen molar-refractivity contribution in [1.29, 1.82) is 0 Å². The van der Waals surface area contributed by atoms with Crippen molar-refractivity contribution in [2.45, 2.75) is 31.2 Å². The molecule has 1 atom stereocenters. The van der Waals surface area contributed by atoms with E-state index in [2.05, 4.69) is 4.98 Å². The highest BCUT2D eigenvalue weighted by molar-refractivity contribution is 6.02. The minimum absolute atomic E-state index is 0.0267. The Labute approximate surface area is 157 Å². The predicted octanol–water partition coefficient (Wildman–Crippen LogP) is 2.55. The lowest BCUT2D eigenvalue weighted by atomic mass is 9.85. The summed E-state index contributed by atoms with van der Waals surface area (Å²) in [4.78, 5) is 33.1. The van der Waals surface area contributed by atoms with Crippen LogP contribution >= 0.6 is 0 Å². The number of amides is 2. The molecular formula is C20H24FN3O3. The van der Waals surface area contributed by atoms with E-state index in [4.69, 9.17) is 4.74 Å². The maximum atomic E-state index is 13.5. The summed E-state index contributed by atoms with van der Waals surface area (Å²) in [6.45, 7) is 2.30. The number of methoxy groups -OCH3 is 1. The van der Waals surface area contributed by atoms with E-state index in [0.717, 1.165) is 12.8 Å². The summed E-state index contributed by atoms with van der Waals surface area (Å²) in [7, 11) is 1.62. The first-order valence-electron chi connectivity index (χ1n) is 9.44. The fraction of sp³-hybridized carbons (Fsp3) is 0.500. The van der Waals surface area contributed by atoms with Gasteiger partial charge in [0.2, 0.25) is 5.91 Å². The van der Waals surface area contributed by atoms with Crippen molar-refractivity contribution in [2.75, 3.05) is 33.4 Å². The molecule has 1 aromatic heterocycles. The molecule has 1 aromatic carbocycles. The number of nitrogens with zero attached hydrogens (tertiary/aromatic N) is 2. The standard InChI is InChI=1S/C20H24FN3O3/c1-27-11-10-23-8-2-6-20(19(23)26)7-3-9-24(20)18(25)17-13-14-12-15(21)4-5-16(14)22-17/h4-5,12-13,22H,2-3,6-11H2,1H3. The van der Waals surface area contributed by atoms with Gasteiger partial charge in [0.25, 0.3) is 5.91 Å². The second kappa shape index (κ2) is 6.96. The molecule has 144 valence electrons. The second-order valence-corrected chi connectivity index (χ2v) is 7.40. The topological polar surface area (TPSA) is 65.6 Å². The van der Waals surface area contributed by atoms with E-state index in [1.807, 2.05) is 4.90 Å². The van der Waals surface area contributed by atoms with Crippen LogP contribution in [0.4, 0.5) is 4.39 Å². The summed E-state index contributed by atoms with van der Waals surface area (Å²) in [5.41, 5.74) is 0.356. The number of ether oxygens (including phenoxy) is 1. The molecule has 1 N–H and O–H groups in total. The monoisotopic (exact) mass is 373 g/mol. The van der Waals surface area contributed by atoms with Crippen molar-refractivity contribution in [3.8, 4) is 0 Å². The van der Waals surface area contributed by atoms with Gasteiger partial charge in [-0.15, -0.1) is 0 Å². The van der Waals surface area contributed by atoms with Crippen molar-refractivity contribution in [3.05, 3.63) is 35.8 Å². The molecule has 27 heavy (non-hydrogen) atoms. The number of carbonyl (C=O) groups is 2. The number of fused-ring (bicyclic) bond motifs is 1. The number of rotatable bonds is 4. The lowest BCUT2D eigenvalue weighted by molar-refractivity contribution is -0.146. The summed E-state index contributed by atoms with van der Waals surface area (Å²) in [5, 5.41) is 0.656. The van der Waals surface area contributed by atoms with Crippen LogP contribution in [0.2, 0.25) is 0 Å². The smallest absolute Gasteiger partial charge is 0.271 e. The Balaban J connectivity index is 1.63. The minimum Gasteiger partial charge on any atom is -0.383 e. The molecule has 4 rings (SSSR count). The van der Waals surface area contributed by atoms with Gasteiger partial charge in [-0.25, -0.2) is 4.39 Å². The van der Waals surface area contributed by atoms with E-state index in [9.17, 15) is 14.0 Å². The van der Waals surface area contributed by atoms with Crippen LogP contribution in [0.3, 0.4) is 0 Å². The summed E-state index contributed by atoms with van der Waals surface area (Å²) in [5.74, 6) is -0.501. The molecule has 6 nitrogen and oxygen atoms in total. The molecule has 1 unspecified atom stereocenters. The third-order valence-corrected chi connectivity index (χ3v) is 5.82. The molecule has 2 amide bonds. The lowest BCUT2D eigenvalue weighted by Crippen LogP contribution is -2.61. The van der Waals surface area contributed by atoms with Crippen molar-refractivity contribution in [3.63, 3.8) is 0 Å². The zero-order valence-electron chi connectivity index (χ0n) is 15.5. The zero-order valence-corrected chi connectivity index (χ0v) is 15.5. The van der Waals surface area contributed by atoms with Crippen LogP contribution in [-0.4, -0.2) is 65.5 Å². The molecule has 0 radical (unpaired) electrons. The second-order valence-electron chi connectivity index (χ2n) is 7.40. The van der Waals surface area contributed by atoms with Crippen molar-refractivity contribution >= 4 is 22.7 Å². The number of hydrogen-bond acceptors (Lipinski definition) is 3. The molecule has 2 aliphatic rings. The average Bonchev–Trinajstić information content (AvgIpc) is 3.27. The number of nitrogens with one attached hydrogen (secondary N) is 1. The van der Waals surface area contributed by atoms with E-state index in [0.29, 0.717) is 55.7 Å². The number of likely N-dealkylation sites (tertiary alicyclic amines) is 2. The Kier molecular flexibility index (Phi) is 4.63. The Morgan fingerprint density at radius 2 is 2.04 bits per heavy atom. The first kappa shape index (κ1) is 18.0. The maximum absolute atomic E-state index is 13.5. The Morgan fingerprint density at radius 1 is 1.26 bits per heavy atom. The number of benzene rings is 1. The molecule has 0 aliphatic carbocycles. The fourth-order valence-corrected chi connectivity index (χ4v) is 4.50. The molecule has 1 spiro atoms. The molecular weight excluding hydrogens is 349 g/mol. The molecule has 0 bridgehead atoms. The number of aromatic amines is 1. The Hall–Kier alpha value is -2.41. The number of halogens is 1. The van der Waals surface area contributed by atoms with Gasteiger partial charge in [-0.2, -0.15) is 0 Å². The summed E-state index contributed by atoms with van der Waals surface area (Å²) < 4.78 is 18.6. The van der Waals surface area contributed by atoms with Gasteiger partial charge in [0.1, 0.15) is 17.1 Å². The molecule has 3 heterocycles. The third kappa shape index (κ3) is 3.00. The highest BCUT2D eigenvalue weighted by Gasteiger charge is 2.52. The number of aromatic nitrogens is 1. The van der Waals surface area contributed by atoms with Gasteiger partial charge in [-0.05, 0) is 49.9 Å². The van der Waals surface area contributed by atoms with Crippen LogP contribution in [-0.2, 0) is 9.53 Å². The van der Waals surface area contributed by atoms with Crippen LogP contribution < -0.4 is 0 Å². The Bertz CT molecular complexity index is 880. The number of piperidine rings is 1. The third-order valence-electron chi connectivity index (χ3n) is 5.82. The van der Waals surface area contributed by atoms with Crippen LogP contribution in [0, 0.1) is 5.82 Å². The quantitative estimate of drug-likeness (QED) is 0.896. The van der Waals surface area contributed by atoms with E-state index in [1.54, 1.807) is 24.1 Å². The summed E-state index contributed by atoms with van der Waals surface area (Å²) in [6, 6.07) is 6.06.